The minimum atomic E-state index is -4.13. The van der Waals surface area contributed by atoms with E-state index in [9.17, 15) is 13.2 Å². The van der Waals surface area contributed by atoms with Crippen LogP contribution in [0.2, 0.25) is 0 Å². The van der Waals surface area contributed by atoms with Gasteiger partial charge in [-0.25, -0.2) is 0 Å². The lowest BCUT2D eigenvalue weighted by molar-refractivity contribution is -0.143. The number of nitrogens with zero attached hydrogens (tertiary/aromatic N) is 3. The van der Waals surface area contributed by atoms with Gasteiger partial charge >= 0.3 is 6.18 Å². The van der Waals surface area contributed by atoms with Crippen molar-refractivity contribution >= 4 is 16.9 Å². The van der Waals surface area contributed by atoms with Crippen LogP contribution < -0.4 is 10.6 Å². The Labute approximate surface area is 170 Å². The number of para-hydroxylation sites is 1. The predicted molar refractivity (Wildman–Crippen MR) is 111 cm³/mol. The third-order valence-corrected chi connectivity index (χ3v) is 5.17. The van der Waals surface area contributed by atoms with Crippen LogP contribution in [0, 0.1) is 5.92 Å². The zero-order chi connectivity index (χ0) is 20.7. The lowest BCUT2D eigenvalue weighted by Crippen LogP contribution is -2.38. The largest absolute Gasteiger partial charge is 0.401 e. The molecule has 0 radical (unpaired) electrons. The van der Waals surface area contributed by atoms with Crippen molar-refractivity contribution in [1.82, 2.24) is 20.1 Å². The number of aryl methyl sites for hydroxylation is 1. The number of benzene rings is 1. The average molecular weight is 410 g/mol. The van der Waals surface area contributed by atoms with Crippen LogP contribution in [-0.2, 0) is 6.54 Å². The molecule has 1 aromatic carbocycles. The molecule has 0 amide bonds. The Morgan fingerprint density at radius 2 is 2.03 bits per heavy atom. The summed E-state index contributed by atoms with van der Waals surface area (Å²) in [4.78, 5) is 6.06. The van der Waals surface area contributed by atoms with Gasteiger partial charge < -0.3 is 15.2 Å². The number of rotatable bonds is 8. The van der Waals surface area contributed by atoms with E-state index in [4.69, 9.17) is 0 Å². The molecule has 5 nitrogen and oxygen atoms in total. The van der Waals surface area contributed by atoms with Gasteiger partial charge in [0.15, 0.2) is 5.96 Å². The van der Waals surface area contributed by atoms with Crippen LogP contribution in [0.5, 0.6) is 0 Å². The molecule has 3 rings (SSSR count). The van der Waals surface area contributed by atoms with Gasteiger partial charge in [-0.3, -0.25) is 9.89 Å². The molecule has 1 atom stereocenters. The number of aliphatic imine (C=N–C) groups is 1. The minimum absolute atomic E-state index is 0.180. The molecule has 0 saturated carbocycles. The van der Waals surface area contributed by atoms with Crippen LogP contribution in [0.4, 0.5) is 13.2 Å². The summed E-state index contributed by atoms with van der Waals surface area (Å²) >= 11 is 0. The molecular formula is C21H30F3N5. The molecule has 8 heteroatoms. The molecule has 1 fully saturated rings. The van der Waals surface area contributed by atoms with Crippen molar-refractivity contribution < 1.29 is 13.2 Å². The molecule has 2 aromatic rings. The molecule has 2 N–H and O–H groups in total. The van der Waals surface area contributed by atoms with Gasteiger partial charge in [-0.1, -0.05) is 18.2 Å². The van der Waals surface area contributed by atoms with Crippen molar-refractivity contribution in [1.29, 1.82) is 0 Å². The molecule has 160 valence electrons. The molecule has 0 spiro atoms. The Hall–Kier alpha value is -2.22. The van der Waals surface area contributed by atoms with E-state index in [1.165, 1.54) is 15.8 Å². The molecule has 1 aliphatic heterocycles. The maximum atomic E-state index is 12.5. The van der Waals surface area contributed by atoms with E-state index in [0.29, 0.717) is 19.6 Å². The second-order valence-corrected chi connectivity index (χ2v) is 7.57. The summed E-state index contributed by atoms with van der Waals surface area (Å²) in [5.41, 5.74) is 1.23. The summed E-state index contributed by atoms with van der Waals surface area (Å²) < 4.78 is 39.8. The van der Waals surface area contributed by atoms with E-state index >= 15 is 0 Å². The highest BCUT2D eigenvalue weighted by atomic mass is 19.4. The Balaban J connectivity index is 1.42. The monoisotopic (exact) mass is 409 g/mol. The second-order valence-electron chi connectivity index (χ2n) is 7.57. The highest BCUT2D eigenvalue weighted by molar-refractivity contribution is 5.80. The molecule has 1 aliphatic rings. The fourth-order valence-corrected chi connectivity index (χ4v) is 3.81. The quantitative estimate of drug-likeness (QED) is 0.399. The van der Waals surface area contributed by atoms with Gasteiger partial charge in [0.05, 0.1) is 6.54 Å². The third kappa shape index (κ3) is 6.66. The van der Waals surface area contributed by atoms with Crippen molar-refractivity contribution in [3.05, 3.63) is 36.5 Å². The lowest BCUT2D eigenvalue weighted by Gasteiger charge is -2.17. The van der Waals surface area contributed by atoms with Crippen LogP contribution in [0.25, 0.3) is 10.9 Å². The smallest absolute Gasteiger partial charge is 0.357 e. The first-order valence-electron chi connectivity index (χ1n) is 10.3. The van der Waals surface area contributed by atoms with Crippen molar-refractivity contribution in [2.75, 3.05) is 39.3 Å². The van der Waals surface area contributed by atoms with Gasteiger partial charge in [-0.2, -0.15) is 13.2 Å². The van der Waals surface area contributed by atoms with E-state index in [0.717, 1.165) is 38.4 Å². The van der Waals surface area contributed by atoms with E-state index in [1.807, 2.05) is 19.1 Å². The molecule has 1 unspecified atom stereocenters. The number of nitrogens with one attached hydrogen (secondary N) is 2. The van der Waals surface area contributed by atoms with E-state index in [1.54, 1.807) is 0 Å². The summed E-state index contributed by atoms with van der Waals surface area (Å²) in [5, 5.41) is 7.80. The molecule has 2 heterocycles. The molecular weight excluding hydrogens is 379 g/mol. The van der Waals surface area contributed by atoms with Gasteiger partial charge in [-0.05, 0) is 49.7 Å². The van der Waals surface area contributed by atoms with Gasteiger partial charge in [-0.15, -0.1) is 0 Å². The number of halogens is 3. The van der Waals surface area contributed by atoms with Crippen LogP contribution in [-0.4, -0.2) is 60.9 Å². The molecule has 0 bridgehead atoms. The Morgan fingerprint density at radius 3 is 2.83 bits per heavy atom. The Kier molecular flexibility index (Phi) is 7.41. The number of hydrogen-bond acceptors (Lipinski definition) is 2. The van der Waals surface area contributed by atoms with Crippen LogP contribution in [0.1, 0.15) is 19.8 Å². The molecule has 29 heavy (non-hydrogen) atoms. The SMILES string of the molecule is CCNC(=NCC1CCN(CC(F)(F)F)C1)NCCCn1ccc2ccccc21. The van der Waals surface area contributed by atoms with Crippen molar-refractivity contribution in [3.63, 3.8) is 0 Å². The number of hydrogen-bond donors (Lipinski definition) is 2. The fourth-order valence-electron chi connectivity index (χ4n) is 3.81. The fraction of sp³-hybridized carbons (Fsp3) is 0.571. The number of guanidine groups is 1. The number of fused-ring (bicyclic) bond motifs is 1. The minimum Gasteiger partial charge on any atom is -0.357 e. The number of aromatic nitrogens is 1. The van der Waals surface area contributed by atoms with Crippen LogP contribution in [0.3, 0.4) is 0 Å². The maximum absolute atomic E-state index is 12.5. The zero-order valence-electron chi connectivity index (χ0n) is 16.9. The summed E-state index contributed by atoms with van der Waals surface area (Å²) in [5.74, 6) is 0.915. The van der Waals surface area contributed by atoms with Gasteiger partial charge in [0, 0.05) is 44.4 Å². The normalized spacial score (nSPS) is 18.5. The van der Waals surface area contributed by atoms with Gasteiger partial charge in [0.2, 0.25) is 0 Å². The first-order chi connectivity index (χ1) is 13.9. The van der Waals surface area contributed by atoms with Gasteiger partial charge in [0.1, 0.15) is 0 Å². The van der Waals surface area contributed by atoms with E-state index in [-0.39, 0.29) is 5.92 Å². The van der Waals surface area contributed by atoms with Crippen LogP contribution >= 0.6 is 0 Å². The summed E-state index contributed by atoms with van der Waals surface area (Å²) in [6.07, 6.45) is -0.304. The number of alkyl halides is 3. The summed E-state index contributed by atoms with van der Waals surface area (Å²) in [6, 6.07) is 10.4. The maximum Gasteiger partial charge on any atom is 0.401 e. The Bertz CT molecular complexity index is 799. The highest BCUT2D eigenvalue weighted by Crippen LogP contribution is 2.22. The van der Waals surface area contributed by atoms with E-state index < -0.39 is 12.7 Å². The van der Waals surface area contributed by atoms with Crippen LogP contribution in [0.15, 0.2) is 41.5 Å². The second kappa shape index (κ2) is 10.0. The average Bonchev–Trinajstić information content (AvgIpc) is 3.28. The van der Waals surface area contributed by atoms with E-state index in [2.05, 4.69) is 44.6 Å². The molecule has 0 aliphatic carbocycles. The molecule has 1 aromatic heterocycles. The first-order valence-corrected chi connectivity index (χ1v) is 10.3. The number of likely N-dealkylation sites (tertiary alicyclic amines) is 1. The van der Waals surface area contributed by atoms with Gasteiger partial charge in [0.25, 0.3) is 0 Å². The topological polar surface area (TPSA) is 44.6 Å². The summed E-state index contributed by atoms with van der Waals surface area (Å²) in [6.45, 7) is 5.13. The summed E-state index contributed by atoms with van der Waals surface area (Å²) in [7, 11) is 0. The molecule has 1 saturated heterocycles. The lowest BCUT2D eigenvalue weighted by atomic mass is 10.1. The predicted octanol–water partition coefficient (Wildman–Crippen LogP) is 3.47. The first kappa shape index (κ1) is 21.5. The highest BCUT2D eigenvalue weighted by Gasteiger charge is 2.34. The Morgan fingerprint density at radius 1 is 1.21 bits per heavy atom. The van der Waals surface area contributed by atoms with Crippen molar-refractivity contribution in [2.24, 2.45) is 10.9 Å². The zero-order valence-corrected chi connectivity index (χ0v) is 16.9. The van der Waals surface area contributed by atoms with Crippen molar-refractivity contribution in [2.45, 2.75) is 32.5 Å². The third-order valence-electron chi connectivity index (χ3n) is 5.17. The standard InChI is InChI=1S/C21H30F3N5/c1-2-25-20(27-14-17-8-12-28(15-17)16-21(22,23)24)26-10-5-11-29-13-9-18-6-3-4-7-19(18)29/h3-4,6-7,9,13,17H,2,5,8,10-12,14-16H2,1H3,(H2,25,26,27). The van der Waals surface area contributed by atoms with Crippen molar-refractivity contribution in [3.8, 4) is 0 Å².